The fourth-order valence-electron chi connectivity index (χ4n) is 1.59. The molecule has 1 rings (SSSR count). The van der Waals surface area contributed by atoms with E-state index in [-0.39, 0.29) is 0 Å². The number of carbonyl (C=O) groups is 2. The maximum Gasteiger partial charge on any atom is 0.344 e. The van der Waals surface area contributed by atoms with E-state index in [0.717, 1.165) is 6.08 Å². The van der Waals surface area contributed by atoms with Crippen molar-refractivity contribution < 1.29 is 24.5 Å². The molecular weight excluding hydrogens is 408 g/mol. The van der Waals surface area contributed by atoms with Crippen LogP contribution in [0.5, 0.6) is 5.75 Å². The van der Waals surface area contributed by atoms with Gasteiger partial charge in [0.05, 0.1) is 8.95 Å². The number of ether oxygens (including phenoxy) is 1. The highest BCUT2D eigenvalue weighted by Crippen LogP contribution is 2.36. The SMILES string of the molecule is CCCC(Oc1c(Br)cc(/C=C/C(=O)O)cc1Br)C(=O)O. The molecule has 114 valence electrons. The summed E-state index contributed by atoms with van der Waals surface area (Å²) >= 11 is 6.61. The summed E-state index contributed by atoms with van der Waals surface area (Å²) in [6.45, 7) is 1.88. The molecule has 5 nitrogen and oxygen atoms in total. The lowest BCUT2D eigenvalue weighted by molar-refractivity contribution is -0.145. The van der Waals surface area contributed by atoms with Crippen LogP contribution in [-0.4, -0.2) is 28.3 Å². The normalized spacial score (nSPS) is 12.3. The lowest BCUT2D eigenvalue weighted by atomic mass is 10.2. The van der Waals surface area contributed by atoms with Crippen LogP contribution in [0.15, 0.2) is 27.2 Å². The zero-order valence-electron chi connectivity index (χ0n) is 11.2. The molecular formula is C14H14Br2O5. The molecule has 1 aromatic carbocycles. The molecule has 0 amide bonds. The molecule has 0 saturated heterocycles. The number of carboxylic acids is 2. The number of aliphatic carboxylic acids is 2. The standard InChI is InChI=1S/C14H14Br2O5/c1-2-3-11(14(19)20)21-13-9(15)6-8(7-10(13)16)4-5-12(17)18/h4-7,11H,2-3H2,1H3,(H,17,18)(H,19,20)/b5-4+. The van der Waals surface area contributed by atoms with Crippen LogP contribution in [0.4, 0.5) is 0 Å². The van der Waals surface area contributed by atoms with E-state index in [0.29, 0.717) is 33.1 Å². The number of hydrogen-bond acceptors (Lipinski definition) is 3. The highest BCUT2D eigenvalue weighted by atomic mass is 79.9. The first-order valence-corrected chi connectivity index (χ1v) is 7.73. The Balaban J connectivity index is 3.04. The minimum atomic E-state index is -1.04. The molecule has 1 atom stereocenters. The Labute approximate surface area is 138 Å². The van der Waals surface area contributed by atoms with Crippen LogP contribution in [0.3, 0.4) is 0 Å². The highest BCUT2D eigenvalue weighted by Gasteiger charge is 2.21. The minimum absolute atomic E-state index is 0.378. The van der Waals surface area contributed by atoms with Crippen molar-refractivity contribution in [3.63, 3.8) is 0 Å². The van der Waals surface area contributed by atoms with Crippen molar-refractivity contribution in [1.29, 1.82) is 0 Å². The smallest absolute Gasteiger partial charge is 0.344 e. The molecule has 2 N–H and O–H groups in total. The minimum Gasteiger partial charge on any atom is -0.479 e. The summed E-state index contributed by atoms with van der Waals surface area (Å²) in [7, 11) is 0. The monoisotopic (exact) mass is 420 g/mol. The van der Waals surface area contributed by atoms with Crippen molar-refractivity contribution in [3.05, 3.63) is 32.7 Å². The van der Waals surface area contributed by atoms with Gasteiger partial charge in [-0.15, -0.1) is 0 Å². The molecule has 0 spiro atoms. The maximum absolute atomic E-state index is 11.1. The van der Waals surface area contributed by atoms with Crippen molar-refractivity contribution >= 4 is 49.9 Å². The van der Waals surface area contributed by atoms with Gasteiger partial charge in [-0.3, -0.25) is 0 Å². The summed E-state index contributed by atoms with van der Waals surface area (Å²) in [6.07, 6.45) is 2.61. The fourth-order valence-corrected chi connectivity index (χ4v) is 3.00. The Morgan fingerprint density at radius 2 is 1.86 bits per heavy atom. The van der Waals surface area contributed by atoms with E-state index in [1.807, 2.05) is 6.92 Å². The molecule has 0 aliphatic rings. The van der Waals surface area contributed by atoms with Crippen LogP contribution < -0.4 is 4.74 Å². The first-order chi connectivity index (χ1) is 9.85. The van der Waals surface area contributed by atoms with Crippen LogP contribution in [0.25, 0.3) is 6.08 Å². The van der Waals surface area contributed by atoms with Crippen LogP contribution in [0.2, 0.25) is 0 Å². The molecule has 0 aromatic heterocycles. The maximum atomic E-state index is 11.1. The van der Waals surface area contributed by atoms with Gasteiger partial charge in [0.25, 0.3) is 0 Å². The van der Waals surface area contributed by atoms with Crippen LogP contribution in [0.1, 0.15) is 25.3 Å². The average molecular weight is 422 g/mol. The summed E-state index contributed by atoms with van der Waals surface area (Å²) in [6, 6.07) is 3.31. The van der Waals surface area contributed by atoms with Gasteiger partial charge < -0.3 is 14.9 Å². The Hall–Kier alpha value is -1.34. The summed E-state index contributed by atoms with van der Waals surface area (Å²) in [5.41, 5.74) is 0.644. The summed E-state index contributed by atoms with van der Waals surface area (Å²) in [5.74, 6) is -1.69. The van der Waals surface area contributed by atoms with Gasteiger partial charge in [0.2, 0.25) is 0 Å². The van der Waals surface area contributed by atoms with Crippen molar-refractivity contribution in [1.82, 2.24) is 0 Å². The van der Waals surface area contributed by atoms with Crippen LogP contribution in [-0.2, 0) is 9.59 Å². The average Bonchev–Trinajstić information content (AvgIpc) is 2.38. The molecule has 0 aliphatic heterocycles. The number of halogens is 2. The van der Waals surface area contributed by atoms with Crippen molar-refractivity contribution in [2.45, 2.75) is 25.9 Å². The van der Waals surface area contributed by atoms with E-state index in [4.69, 9.17) is 14.9 Å². The number of benzene rings is 1. The molecule has 7 heteroatoms. The summed E-state index contributed by atoms with van der Waals surface area (Å²) in [4.78, 5) is 21.6. The van der Waals surface area contributed by atoms with Crippen molar-refractivity contribution in [3.8, 4) is 5.75 Å². The van der Waals surface area contributed by atoms with Crippen LogP contribution >= 0.6 is 31.9 Å². The van der Waals surface area contributed by atoms with Gasteiger partial charge in [-0.25, -0.2) is 9.59 Å². The second kappa shape index (κ2) is 8.19. The topological polar surface area (TPSA) is 83.8 Å². The van der Waals surface area contributed by atoms with Gasteiger partial charge in [-0.2, -0.15) is 0 Å². The fraction of sp³-hybridized carbons (Fsp3) is 0.286. The van der Waals surface area contributed by atoms with Gasteiger partial charge in [0, 0.05) is 6.08 Å². The third-order valence-corrected chi connectivity index (χ3v) is 3.70. The number of hydrogen-bond donors (Lipinski definition) is 2. The highest BCUT2D eigenvalue weighted by molar-refractivity contribution is 9.11. The molecule has 0 bridgehead atoms. The van der Waals surface area contributed by atoms with Gasteiger partial charge >= 0.3 is 11.9 Å². The Kier molecular flexibility index (Phi) is 6.91. The second-order valence-corrected chi connectivity index (χ2v) is 5.93. The van der Waals surface area contributed by atoms with Crippen molar-refractivity contribution in [2.24, 2.45) is 0 Å². The zero-order chi connectivity index (χ0) is 16.0. The van der Waals surface area contributed by atoms with E-state index < -0.39 is 18.0 Å². The quantitative estimate of drug-likeness (QED) is 0.651. The van der Waals surface area contributed by atoms with Gasteiger partial charge in [0.1, 0.15) is 5.75 Å². The molecule has 1 aromatic rings. The van der Waals surface area contributed by atoms with Gasteiger partial charge in [-0.1, -0.05) is 13.3 Å². The van der Waals surface area contributed by atoms with Crippen molar-refractivity contribution in [2.75, 3.05) is 0 Å². The Morgan fingerprint density at radius 1 is 1.29 bits per heavy atom. The third kappa shape index (κ3) is 5.51. The molecule has 1 unspecified atom stereocenters. The molecule has 0 saturated carbocycles. The Bertz CT molecular complexity index is 545. The molecule has 0 heterocycles. The van der Waals surface area contributed by atoms with E-state index in [9.17, 15) is 9.59 Å². The number of carboxylic acid groups (broad SMARTS) is 2. The summed E-state index contributed by atoms with van der Waals surface area (Å²) in [5, 5.41) is 17.7. The van der Waals surface area contributed by atoms with E-state index in [1.54, 1.807) is 12.1 Å². The predicted molar refractivity (Wildman–Crippen MR) is 85.5 cm³/mol. The summed E-state index contributed by atoms with van der Waals surface area (Å²) < 4.78 is 6.62. The number of rotatable bonds is 7. The largest absolute Gasteiger partial charge is 0.479 e. The van der Waals surface area contributed by atoms with Gasteiger partial charge in [-0.05, 0) is 62.1 Å². The third-order valence-electron chi connectivity index (χ3n) is 2.53. The molecule has 0 fully saturated rings. The van der Waals surface area contributed by atoms with E-state index >= 15 is 0 Å². The van der Waals surface area contributed by atoms with Crippen LogP contribution in [0, 0.1) is 0 Å². The zero-order valence-corrected chi connectivity index (χ0v) is 14.3. The first-order valence-electron chi connectivity index (χ1n) is 6.14. The van der Waals surface area contributed by atoms with E-state index in [1.165, 1.54) is 6.08 Å². The second-order valence-electron chi connectivity index (χ2n) is 4.22. The predicted octanol–water partition coefficient (Wildman–Crippen LogP) is 3.94. The van der Waals surface area contributed by atoms with Gasteiger partial charge in [0.15, 0.2) is 6.10 Å². The van der Waals surface area contributed by atoms with E-state index in [2.05, 4.69) is 31.9 Å². The lowest BCUT2D eigenvalue weighted by Gasteiger charge is -2.17. The lowest BCUT2D eigenvalue weighted by Crippen LogP contribution is -2.27. The Morgan fingerprint density at radius 3 is 2.29 bits per heavy atom. The molecule has 0 radical (unpaired) electrons. The molecule has 21 heavy (non-hydrogen) atoms. The first kappa shape index (κ1) is 17.7. The molecule has 0 aliphatic carbocycles.